The van der Waals surface area contributed by atoms with Crippen molar-refractivity contribution in [2.24, 2.45) is 0 Å². The highest BCUT2D eigenvalue weighted by Crippen LogP contribution is 2.34. The Morgan fingerprint density at radius 3 is 2.27 bits per heavy atom. The molecule has 0 saturated heterocycles. The summed E-state index contributed by atoms with van der Waals surface area (Å²) in [4.78, 5) is 12.2. The molecule has 8 heteroatoms. The number of para-hydroxylation sites is 1. The zero-order valence-electron chi connectivity index (χ0n) is 14.1. The number of anilines is 1. The van der Waals surface area contributed by atoms with Gasteiger partial charge in [-0.1, -0.05) is 12.1 Å². The summed E-state index contributed by atoms with van der Waals surface area (Å²) in [5, 5.41) is 4.54. The molecule has 26 heavy (non-hydrogen) atoms. The standard InChI is InChI=1S/C18H17F3N2O2S/c1-11(2)25-13-9-7-12(8-10-13)16(24)23-17(26)22-15-6-4-3-5-14(15)18(19,20)21/h3-11H,1-2H3,(H2,22,23,24,26). The molecule has 0 spiro atoms. The van der Waals surface area contributed by atoms with Gasteiger partial charge in [0.2, 0.25) is 0 Å². The quantitative estimate of drug-likeness (QED) is 0.758. The second-order valence-corrected chi connectivity index (χ2v) is 6.05. The maximum absolute atomic E-state index is 13.0. The maximum Gasteiger partial charge on any atom is 0.418 e. The van der Waals surface area contributed by atoms with E-state index < -0.39 is 17.6 Å². The minimum atomic E-state index is -4.53. The molecule has 0 aromatic heterocycles. The SMILES string of the molecule is CC(C)Oc1ccc(C(=O)NC(=S)Nc2ccccc2C(F)(F)F)cc1. The highest BCUT2D eigenvalue weighted by atomic mass is 32.1. The van der Waals surface area contributed by atoms with Crippen molar-refractivity contribution >= 4 is 28.9 Å². The van der Waals surface area contributed by atoms with Crippen molar-refractivity contribution in [1.82, 2.24) is 5.32 Å². The van der Waals surface area contributed by atoms with E-state index in [1.165, 1.54) is 18.2 Å². The van der Waals surface area contributed by atoms with E-state index in [0.29, 0.717) is 11.3 Å². The van der Waals surface area contributed by atoms with E-state index in [9.17, 15) is 18.0 Å². The second-order valence-electron chi connectivity index (χ2n) is 5.64. The van der Waals surface area contributed by atoms with Crippen LogP contribution in [0.4, 0.5) is 18.9 Å². The molecule has 0 heterocycles. The molecule has 0 fully saturated rings. The summed E-state index contributed by atoms with van der Waals surface area (Å²) in [6.07, 6.45) is -4.53. The molecule has 2 aromatic carbocycles. The zero-order valence-corrected chi connectivity index (χ0v) is 14.9. The lowest BCUT2D eigenvalue weighted by Crippen LogP contribution is -2.34. The third-order valence-electron chi connectivity index (χ3n) is 3.20. The largest absolute Gasteiger partial charge is 0.491 e. The molecule has 2 rings (SSSR count). The van der Waals surface area contributed by atoms with Crippen molar-refractivity contribution in [2.75, 3.05) is 5.32 Å². The van der Waals surface area contributed by atoms with E-state index in [-0.39, 0.29) is 16.9 Å². The van der Waals surface area contributed by atoms with Gasteiger partial charge in [-0.25, -0.2) is 0 Å². The van der Waals surface area contributed by atoms with Gasteiger partial charge in [0.25, 0.3) is 5.91 Å². The van der Waals surface area contributed by atoms with Crippen LogP contribution < -0.4 is 15.4 Å². The molecular weight excluding hydrogens is 365 g/mol. The Bertz CT molecular complexity index is 790. The number of amides is 1. The van der Waals surface area contributed by atoms with Gasteiger partial charge in [-0.05, 0) is 62.5 Å². The number of halogens is 3. The number of hydrogen-bond donors (Lipinski definition) is 2. The number of benzene rings is 2. The van der Waals surface area contributed by atoms with Gasteiger partial charge in [-0.15, -0.1) is 0 Å². The van der Waals surface area contributed by atoms with E-state index in [2.05, 4.69) is 10.6 Å². The van der Waals surface area contributed by atoms with Gasteiger partial charge < -0.3 is 10.1 Å². The van der Waals surface area contributed by atoms with Gasteiger partial charge in [0.05, 0.1) is 17.4 Å². The van der Waals surface area contributed by atoms with Gasteiger partial charge in [-0.2, -0.15) is 13.2 Å². The van der Waals surface area contributed by atoms with Crippen molar-refractivity contribution in [2.45, 2.75) is 26.1 Å². The Labute approximate surface area is 154 Å². The number of carbonyl (C=O) groups is 1. The van der Waals surface area contributed by atoms with Gasteiger partial charge in [0.15, 0.2) is 5.11 Å². The molecular formula is C18H17F3N2O2S. The fourth-order valence-electron chi connectivity index (χ4n) is 2.13. The molecule has 0 atom stereocenters. The summed E-state index contributed by atoms with van der Waals surface area (Å²) < 4.78 is 44.4. The van der Waals surface area contributed by atoms with Crippen molar-refractivity contribution in [3.8, 4) is 5.75 Å². The van der Waals surface area contributed by atoms with Crippen LogP contribution in [0.25, 0.3) is 0 Å². The second kappa shape index (κ2) is 8.18. The first kappa shape index (κ1) is 19.7. The summed E-state index contributed by atoms with van der Waals surface area (Å²) >= 11 is 4.94. The molecule has 0 unspecified atom stereocenters. The predicted molar refractivity (Wildman–Crippen MR) is 97.3 cm³/mol. The van der Waals surface area contributed by atoms with Crippen LogP contribution in [0.3, 0.4) is 0 Å². The minimum absolute atomic E-state index is 0.000144. The third kappa shape index (κ3) is 5.45. The lowest BCUT2D eigenvalue weighted by Gasteiger charge is -2.15. The molecule has 0 aliphatic heterocycles. The summed E-state index contributed by atoms with van der Waals surface area (Å²) in [6, 6.07) is 11.2. The number of ether oxygens (including phenoxy) is 1. The molecule has 1 amide bonds. The van der Waals surface area contributed by atoms with Crippen LogP contribution in [-0.2, 0) is 6.18 Å². The molecule has 0 bridgehead atoms. The van der Waals surface area contributed by atoms with Crippen LogP contribution >= 0.6 is 12.2 Å². The number of thiocarbonyl (C=S) groups is 1. The molecule has 0 aliphatic carbocycles. The van der Waals surface area contributed by atoms with Crippen LogP contribution in [0.15, 0.2) is 48.5 Å². The summed E-state index contributed by atoms with van der Waals surface area (Å²) in [6.45, 7) is 3.76. The predicted octanol–water partition coefficient (Wildman–Crippen LogP) is 4.62. The van der Waals surface area contributed by atoms with E-state index in [4.69, 9.17) is 17.0 Å². The van der Waals surface area contributed by atoms with E-state index in [1.54, 1.807) is 24.3 Å². The highest BCUT2D eigenvalue weighted by molar-refractivity contribution is 7.80. The summed E-state index contributed by atoms with van der Waals surface area (Å²) in [5.41, 5.74) is -0.799. The fourth-order valence-corrected chi connectivity index (χ4v) is 2.33. The number of hydrogen-bond acceptors (Lipinski definition) is 3. The Hall–Kier alpha value is -2.61. The number of nitrogens with one attached hydrogen (secondary N) is 2. The summed E-state index contributed by atoms with van der Waals surface area (Å²) in [5.74, 6) is 0.0689. The normalized spacial score (nSPS) is 11.2. The average Bonchev–Trinajstić information content (AvgIpc) is 2.54. The zero-order chi connectivity index (χ0) is 19.3. The van der Waals surface area contributed by atoms with Gasteiger partial charge in [-0.3, -0.25) is 10.1 Å². The Morgan fingerprint density at radius 1 is 1.08 bits per heavy atom. The molecule has 0 saturated carbocycles. The fraction of sp³-hybridized carbons (Fsp3) is 0.222. The van der Waals surface area contributed by atoms with Gasteiger partial charge >= 0.3 is 6.18 Å². The van der Waals surface area contributed by atoms with Crippen LogP contribution in [0.2, 0.25) is 0 Å². The third-order valence-corrected chi connectivity index (χ3v) is 3.40. The lowest BCUT2D eigenvalue weighted by molar-refractivity contribution is -0.136. The maximum atomic E-state index is 13.0. The van der Waals surface area contributed by atoms with Gasteiger partial charge in [0, 0.05) is 5.56 Å². The highest BCUT2D eigenvalue weighted by Gasteiger charge is 2.33. The average molecular weight is 382 g/mol. The van der Waals surface area contributed by atoms with Gasteiger partial charge in [0.1, 0.15) is 5.75 Å². The van der Waals surface area contributed by atoms with E-state index >= 15 is 0 Å². The Kier molecular flexibility index (Phi) is 6.20. The molecule has 0 aliphatic rings. The first-order chi connectivity index (χ1) is 12.2. The summed E-state index contributed by atoms with van der Waals surface area (Å²) in [7, 11) is 0. The van der Waals surface area contributed by atoms with Crippen molar-refractivity contribution in [3.05, 3.63) is 59.7 Å². The van der Waals surface area contributed by atoms with Crippen molar-refractivity contribution in [3.63, 3.8) is 0 Å². The van der Waals surface area contributed by atoms with Crippen LogP contribution in [-0.4, -0.2) is 17.1 Å². The van der Waals surface area contributed by atoms with Crippen molar-refractivity contribution < 1.29 is 22.7 Å². The molecule has 0 radical (unpaired) electrons. The van der Waals surface area contributed by atoms with Crippen LogP contribution in [0.5, 0.6) is 5.75 Å². The molecule has 138 valence electrons. The number of carbonyl (C=O) groups excluding carboxylic acids is 1. The molecule has 2 aromatic rings. The van der Waals surface area contributed by atoms with Crippen molar-refractivity contribution in [1.29, 1.82) is 0 Å². The monoisotopic (exact) mass is 382 g/mol. The lowest BCUT2D eigenvalue weighted by atomic mass is 10.1. The Balaban J connectivity index is 2.03. The first-order valence-corrected chi connectivity index (χ1v) is 8.13. The van der Waals surface area contributed by atoms with E-state index in [0.717, 1.165) is 6.07 Å². The molecule has 4 nitrogen and oxygen atoms in total. The number of alkyl halides is 3. The smallest absolute Gasteiger partial charge is 0.418 e. The molecule has 2 N–H and O–H groups in total. The van der Waals surface area contributed by atoms with Crippen LogP contribution in [0, 0.1) is 0 Å². The van der Waals surface area contributed by atoms with Crippen LogP contribution in [0.1, 0.15) is 29.8 Å². The number of rotatable bonds is 4. The first-order valence-electron chi connectivity index (χ1n) is 7.72. The topological polar surface area (TPSA) is 50.4 Å². The van der Waals surface area contributed by atoms with E-state index in [1.807, 2.05) is 13.8 Å². The minimum Gasteiger partial charge on any atom is -0.491 e. The Morgan fingerprint density at radius 2 is 1.69 bits per heavy atom.